The molecular weight excluding hydrogens is 198 g/mol. The van der Waals surface area contributed by atoms with Crippen molar-refractivity contribution in [2.45, 2.75) is 51.2 Å². The van der Waals surface area contributed by atoms with Crippen molar-refractivity contribution in [3.05, 3.63) is 29.8 Å². The van der Waals surface area contributed by atoms with Crippen LogP contribution < -0.4 is 10.5 Å². The lowest BCUT2D eigenvalue weighted by atomic mass is 9.95. The first-order chi connectivity index (χ1) is 7.53. The fourth-order valence-corrected chi connectivity index (χ4v) is 1.94. The molecule has 88 valence electrons. The lowest BCUT2D eigenvalue weighted by Gasteiger charge is -2.27. The third-order valence-electron chi connectivity index (χ3n) is 2.91. The van der Waals surface area contributed by atoms with Gasteiger partial charge in [0.05, 0.1) is 6.10 Å². The van der Waals surface area contributed by atoms with E-state index in [0.29, 0.717) is 6.10 Å². The van der Waals surface area contributed by atoms with E-state index >= 15 is 0 Å². The monoisotopic (exact) mass is 219 g/mol. The zero-order valence-corrected chi connectivity index (χ0v) is 10.2. The summed E-state index contributed by atoms with van der Waals surface area (Å²) in [6.07, 6.45) is 5.04. The topological polar surface area (TPSA) is 35.2 Å². The Hall–Kier alpha value is -1.02. The van der Waals surface area contributed by atoms with E-state index in [2.05, 4.69) is 18.2 Å². The maximum absolute atomic E-state index is 6.02. The molecule has 2 nitrogen and oxygen atoms in total. The van der Waals surface area contributed by atoms with Gasteiger partial charge in [0.1, 0.15) is 5.75 Å². The quantitative estimate of drug-likeness (QED) is 0.845. The van der Waals surface area contributed by atoms with Gasteiger partial charge in [-0.3, -0.25) is 0 Å². The summed E-state index contributed by atoms with van der Waals surface area (Å²) in [5.74, 6) is 0.992. The van der Waals surface area contributed by atoms with Crippen LogP contribution >= 0.6 is 0 Å². The maximum Gasteiger partial charge on any atom is 0.119 e. The molecule has 0 saturated heterocycles. The summed E-state index contributed by atoms with van der Waals surface area (Å²) in [6.45, 7) is 4.10. The molecule has 16 heavy (non-hydrogen) atoms. The van der Waals surface area contributed by atoms with Crippen LogP contribution in [0.2, 0.25) is 0 Å². The highest BCUT2D eigenvalue weighted by Crippen LogP contribution is 2.26. The minimum absolute atomic E-state index is 0.158. The summed E-state index contributed by atoms with van der Waals surface area (Å²) >= 11 is 0. The summed E-state index contributed by atoms with van der Waals surface area (Å²) in [4.78, 5) is 0. The van der Waals surface area contributed by atoms with Crippen LogP contribution in [0, 0.1) is 0 Å². The molecule has 1 aromatic carbocycles. The van der Waals surface area contributed by atoms with E-state index in [9.17, 15) is 0 Å². The van der Waals surface area contributed by atoms with E-state index in [1.165, 1.54) is 24.8 Å². The molecule has 0 amide bonds. The number of rotatable bonds is 4. The van der Waals surface area contributed by atoms with Crippen molar-refractivity contribution in [2.75, 3.05) is 0 Å². The maximum atomic E-state index is 6.02. The normalized spacial score (nSPS) is 16.9. The average molecular weight is 219 g/mol. The number of ether oxygens (including phenoxy) is 1. The van der Waals surface area contributed by atoms with Gasteiger partial charge in [-0.25, -0.2) is 0 Å². The molecule has 0 heterocycles. The molecule has 1 saturated carbocycles. The number of hydrogen-bond donors (Lipinski definition) is 1. The second-order valence-electron chi connectivity index (χ2n) is 5.48. The number of nitrogens with two attached hydrogens (primary N) is 1. The van der Waals surface area contributed by atoms with Crippen LogP contribution in [0.1, 0.15) is 38.7 Å². The first-order valence-corrected chi connectivity index (χ1v) is 6.07. The van der Waals surface area contributed by atoms with Crippen LogP contribution in [-0.2, 0) is 6.42 Å². The van der Waals surface area contributed by atoms with Crippen LogP contribution in [-0.4, -0.2) is 11.6 Å². The van der Waals surface area contributed by atoms with Crippen molar-refractivity contribution in [3.8, 4) is 5.75 Å². The second kappa shape index (κ2) is 4.46. The Kier molecular flexibility index (Phi) is 3.20. The molecule has 1 aliphatic rings. The molecule has 0 spiro atoms. The van der Waals surface area contributed by atoms with Crippen molar-refractivity contribution < 1.29 is 4.74 Å². The van der Waals surface area contributed by atoms with E-state index in [-0.39, 0.29) is 5.54 Å². The van der Waals surface area contributed by atoms with E-state index < -0.39 is 0 Å². The highest BCUT2D eigenvalue weighted by Gasteiger charge is 2.19. The van der Waals surface area contributed by atoms with E-state index in [0.717, 1.165) is 12.2 Å². The largest absolute Gasteiger partial charge is 0.490 e. The van der Waals surface area contributed by atoms with Crippen molar-refractivity contribution >= 4 is 0 Å². The fraction of sp³-hybridized carbons (Fsp3) is 0.571. The van der Waals surface area contributed by atoms with Crippen LogP contribution in [0.25, 0.3) is 0 Å². The van der Waals surface area contributed by atoms with Gasteiger partial charge >= 0.3 is 0 Å². The molecule has 1 aromatic rings. The van der Waals surface area contributed by atoms with E-state index in [4.69, 9.17) is 10.5 Å². The highest BCUT2D eigenvalue weighted by molar-refractivity contribution is 5.29. The van der Waals surface area contributed by atoms with E-state index in [1.54, 1.807) is 0 Å². The SMILES string of the molecule is CC(C)(N)Cc1cccc(OC2CCC2)c1. The molecule has 2 heteroatoms. The third-order valence-corrected chi connectivity index (χ3v) is 2.91. The van der Waals surface area contributed by atoms with Gasteiger partial charge in [0, 0.05) is 5.54 Å². The van der Waals surface area contributed by atoms with Crippen LogP contribution in [0.5, 0.6) is 5.75 Å². The smallest absolute Gasteiger partial charge is 0.119 e. The summed E-state index contributed by atoms with van der Waals surface area (Å²) in [7, 11) is 0. The third kappa shape index (κ3) is 3.24. The molecule has 0 aromatic heterocycles. The Bertz CT molecular complexity index is 350. The Morgan fingerprint density at radius 2 is 2.12 bits per heavy atom. The summed E-state index contributed by atoms with van der Waals surface area (Å²) in [6, 6.07) is 8.32. The molecule has 1 aliphatic carbocycles. The van der Waals surface area contributed by atoms with Crippen molar-refractivity contribution in [1.29, 1.82) is 0 Å². The fourth-order valence-electron chi connectivity index (χ4n) is 1.94. The molecule has 0 unspecified atom stereocenters. The van der Waals surface area contributed by atoms with Crippen molar-refractivity contribution in [3.63, 3.8) is 0 Å². The number of benzene rings is 1. The molecular formula is C14H21NO. The van der Waals surface area contributed by atoms with Gasteiger partial charge in [0.25, 0.3) is 0 Å². The van der Waals surface area contributed by atoms with Crippen LogP contribution in [0.15, 0.2) is 24.3 Å². The Balaban J connectivity index is 2.00. The van der Waals surface area contributed by atoms with Crippen molar-refractivity contribution in [2.24, 2.45) is 5.73 Å². The summed E-state index contributed by atoms with van der Waals surface area (Å²) < 4.78 is 5.86. The average Bonchev–Trinajstić information content (AvgIpc) is 2.09. The van der Waals surface area contributed by atoms with Gasteiger partial charge in [0.2, 0.25) is 0 Å². The standard InChI is InChI=1S/C14H21NO/c1-14(2,15)10-11-5-3-8-13(9-11)16-12-6-4-7-12/h3,5,8-9,12H,4,6-7,10,15H2,1-2H3. The predicted octanol–water partition coefficient (Wildman–Crippen LogP) is 2.90. The van der Waals surface area contributed by atoms with Crippen LogP contribution in [0.4, 0.5) is 0 Å². The van der Waals surface area contributed by atoms with Gasteiger partial charge in [-0.2, -0.15) is 0 Å². The molecule has 0 radical (unpaired) electrons. The first-order valence-electron chi connectivity index (χ1n) is 6.07. The molecule has 2 N–H and O–H groups in total. The summed E-state index contributed by atoms with van der Waals surface area (Å²) in [5, 5.41) is 0. The second-order valence-corrected chi connectivity index (χ2v) is 5.48. The lowest BCUT2D eigenvalue weighted by molar-refractivity contribution is 0.120. The van der Waals surface area contributed by atoms with Crippen LogP contribution in [0.3, 0.4) is 0 Å². The highest BCUT2D eigenvalue weighted by atomic mass is 16.5. The van der Waals surface area contributed by atoms with Crippen molar-refractivity contribution in [1.82, 2.24) is 0 Å². The van der Waals surface area contributed by atoms with Gasteiger partial charge in [0.15, 0.2) is 0 Å². The van der Waals surface area contributed by atoms with Gasteiger partial charge in [-0.15, -0.1) is 0 Å². The minimum Gasteiger partial charge on any atom is -0.490 e. The first kappa shape index (κ1) is 11.5. The lowest BCUT2D eigenvalue weighted by Crippen LogP contribution is -2.34. The minimum atomic E-state index is -0.158. The molecule has 0 atom stereocenters. The zero-order valence-electron chi connectivity index (χ0n) is 10.2. The van der Waals surface area contributed by atoms with Gasteiger partial charge in [-0.1, -0.05) is 12.1 Å². The Morgan fingerprint density at radius 1 is 1.38 bits per heavy atom. The van der Waals surface area contributed by atoms with E-state index in [1.807, 2.05) is 19.9 Å². The molecule has 0 aliphatic heterocycles. The van der Waals surface area contributed by atoms with Gasteiger partial charge in [-0.05, 0) is 57.2 Å². The predicted molar refractivity (Wildman–Crippen MR) is 66.7 cm³/mol. The molecule has 2 rings (SSSR count). The Morgan fingerprint density at radius 3 is 2.69 bits per heavy atom. The molecule has 1 fully saturated rings. The zero-order chi connectivity index (χ0) is 11.6. The number of hydrogen-bond acceptors (Lipinski definition) is 2. The molecule has 0 bridgehead atoms. The summed E-state index contributed by atoms with van der Waals surface area (Å²) in [5.41, 5.74) is 7.11. The Labute approximate surface area is 97.8 Å². The van der Waals surface area contributed by atoms with Gasteiger partial charge < -0.3 is 10.5 Å².